The number of hydrazone groups is 1. The molecule has 170 valence electrons. The lowest BCUT2D eigenvalue weighted by Gasteiger charge is -2.26. The second-order valence-corrected chi connectivity index (χ2v) is 7.97. The zero-order valence-electron chi connectivity index (χ0n) is 18.0. The summed E-state index contributed by atoms with van der Waals surface area (Å²) >= 11 is 1.51. The molecule has 0 radical (unpaired) electrons. The van der Waals surface area contributed by atoms with Crippen molar-refractivity contribution in [2.75, 3.05) is 45.8 Å². The molecule has 0 bridgehead atoms. The van der Waals surface area contributed by atoms with E-state index in [1.54, 1.807) is 30.4 Å². The minimum absolute atomic E-state index is 0.00230. The molecule has 0 saturated carbocycles. The maximum atomic E-state index is 12.1. The Hall–Kier alpha value is -3.04. The molecule has 0 aliphatic carbocycles. The van der Waals surface area contributed by atoms with Crippen LogP contribution in [0.4, 0.5) is 0 Å². The monoisotopic (exact) mass is 457 g/mol. The van der Waals surface area contributed by atoms with E-state index in [9.17, 15) is 9.59 Å². The molecule has 0 spiro atoms. The van der Waals surface area contributed by atoms with Gasteiger partial charge in [0.1, 0.15) is 11.5 Å². The fourth-order valence-corrected chi connectivity index (χ4v) is 3.67. The number of methoxy groups -OCH3 is 1. The van der Waals surface area contributed by atoms with Crippen LogP contribution in [0, 0.1) is 0 Å². The van der Waals surface area contributed by atoms with Crippen LogP contribution in [0.1, 0.15) is 11.1 Å². The molecule has 2 aromatic rings. The van der Waals surface area contributed by atoms with Gasteiger partial charge in [-0.15, -0.1) is 11.8 Å². The Labute approximate surface area is 191 Å². The SMILES string of the molecule is COc1ccc(CSCC(=O)N/N=C\c2ccc(OCC(=O)N3CCOCC3)cc2)cc1. The number of morpholine rings is 1. The zero-order chi connectivity index (χ0) is 22.6. The van der Waals surface area contributed by atoms with Gasteiger partial charge in [0.25, 0.3) is 5.91 Å². The Bertz CT molecular complexity index is 897. The highest BCUT2D eigenvalue weighted by molar-refractivity contribution is 7.99. The van der Waals surface area contributed by atoms with E-state index in [0.29, 0.717) is 37.8 Å². The number of amides is 2. The first-order chi connectivity index (χ1) is 15.6. The lowest BCUT2D eigenvalue weighted by molar-refractivity contribution is -0.137. The molecule has 0 aromatic heterocycles. The highest BCUT2D eigenvalue weighted by Crippen LogP contribution is 2.16. The standard InChI is InChI=1S/C23H27N3O5S/c1-29-20-6-4-19(5-7-20)16-32-17-22(27)25-24-14-18-2-8-21(9-3-18)31-15-23(28)26-10-12-30-13-11-26/h2-9,14H,10-13,15-17H2,1H3,(H,25,27)/b24-14-. The molecule has 2 amide bonds. The van der Waals surface area contributed by atoms with Crippen molar-refractivity contribution in [3.05, 3.63) is 59.7 Å². The minimum atomic E-state index is -0.165. The van der Waals surface area contributed by atoms with Gasteiger partial charge in [-0.1, -0.05) is 12.1 Å². The topological polar surface area (TPSA) is 89.5 Å². The zero-order valence-corrected chi connectivity index (χ0v) is 18.8. The van der Waals surface area contributed by atoms with Crippen molar-refractivity contribution < 1.29 is 23.8 Å². The van der Waals surface area contributed by atoms with Gasteiger partial charge in [-0.05, 0) is 47.5 Å². The second-order valence-electron chi connectivity index (χ2n) is 6.98. The molecule has 8 nitrogen and oxygen atoms in total. The van der Waals surface area contributed by atoms with Gasteiger partial charge in [-0.25, -0.2) is 5.43 Å². The molecule has 1 fully saturated rings. The normalized spacial score (nSPS) is 13.7. The molecule has 2 aromatic carbocycles. The van der Waals surface area contributed by atoms with Crippen molar-refractivity contribution >= 4 is 29.8 Å². The van der Waals surface area contributed by atoms with Gasteiger partial charge in [0.05, 0.1) is 32.3 Å². The van der Waals surface area contributed by atoms with Crippen LogP contribution >= 0.6 is 11.8 Å². The third-order valence-electron chi connectivity index (χ3n) is 4.67. The summed E-state index contributed by atoms with van der Waals surface area (Å²) in [5.41, 5.74) is 4.46. The number of rotatable bonds is 10. The molecule has 32 heavy (non-hydrogen) atoms. The van der Waals surface area contributed by atoms with Crippen molar-refractivity contribution in [1.29, 1.82) is 0 Å². The van der Waals surface area contributed by atoms with Crippen molar-refractivity contribution in [1.82, 2.24) is 10.3 Å². The first kappa shape index (κ1) is 23.6. The van der Waals surface area contributed by atoms with Crippen LogP contribution < -0.4 is 14.9 Å². The van der Waals surface area contributed by atoms with Gasteiger partial charge in [-0.3, -0.25) is 9.59 Å². The van der Waals surface area contributed by atoms with Gasteiger partial charge in [0, 0.05) is 18.8 Å². The van der Waals surface area contributed by atoms with E-state index in [4.69, 9.17) is 14.2 Å². The predicted molar refractivity (Wildman–Crippen MR) is 124 cm³/mol. The largest absolute Gasteiger partial charge is 0.497 e. The molecule has 9 heteroatoms. The highest BCUT2D eigenvalue weighted by atomic mass is 32.2. The molecular formula is C23H27N3O5S. The quantitative estimate of drug-likeness (QED) is 0.435. The Morgan fingerprint density at radius 2 is 1.78 bits per heavy atom. The van der Waals surface area contributed by atoms with Gasteiger partial charge in [0.15, 0.2) is 6.61 Å². The number of hydrogen-bond acceptors (Lipinski definition) is 7. The summed E-state index contributed by atoms with van der Waals surface area (Å²) in [4.78, 5) is 25.8. The van der Waals surface area contributed by atoms with Crippen molar-refractivity contribution in [2.45, 2.75) is 5.75 Å². The van der Waals surface area contributed by atoms with E-state index >= 15 is 0 Å². The smallest absolute Gasteiger partial charge is 0.260 e. The highest BCUT2D eigenvalue weighted by Gasteiger charge is 2.17. The summed E-state index contributed by atoms with van der Waals surface area (Å²) in [6.45, 7) is 2.33. The van der Waals surface area contributed by atoms with Gasteiger partial charge >= 0.3 is 0 Å². The van der Waals surface area contributed by atoms with E-state index in [2.05, 4.69) is 10.5 Å². The van der Waals surface area contributed by atoms with Crippen molar-refractivity contribution in [2.24, 2.45) is 5.10 Å². The summed E-state index contributed by atoms with van der Waals surface area (Å²) < 4.78 is 15.9. The third kappa shape index (κ3) is 7.90. The molecule has 1 heterocycles. The van der Waals surface area contributed by atoms with Crippen LogP contribution in [-0.4, -0.2) is 68.7 Å². The molecule has 1 N–H and O–H groups in total. The fourth-order valence-electron chi connectivity index (χ4n) is 2.89. The van der Waals surface area contributed by atoms with Crippen LogP contribution in [0.2, 0.25) is 0 Å². The van der Waals surface area contributed by atoms with E-state index in [0.717, 1.165) is 22.6 Å². The number of ether oxygens (including phenoxy) is 3. The van der Waals surface area contributed by atoms with Gasteiger partial charge < -0.3 is 19.1 Å². The number of nitrogens with one attached hydrogen (secondary N) is 1. The molecule has 3 rings (SSSR count). The average Bonchev–Trinajstić information content (AvgIpc) is 2.84. The van der Waals surface area contributed by atoms with Crippen molar-refractivity contribution in [3.63, 3.8) is 0 Å². The van der Waals surface area contributed by atoms with E-state index in [1.807, 2.05) is 36.4 Å². The van der Waals surface area contributed by atoms with Crippen LogP contribution in [0.3, 0.4) is 0 Å². The number of benzene rings is 2. The molecular weight excluding hydrogens is 430 g/mol. The van der Waals surface area contributed by atoms with Crippen LogP contribution in [0.25, 0.3) is 0 Å². The first-order valence-corrected chi connectivity index (χ1v) is 11.4. The van der Waals surface area contributed by atoms with E-state index < -0.39 is 0 Å². The number of carbonyl (C=O) groups is 2. The van der Waals surface area contributed by atoms with E-state index in [-0.39, 0.29) is 18.4 Å². The van der Waals surface area contributed by atoms with Crippen LogP contribution in [0.5, 0.6) is 11.5 Å². The molecule has 1 saturated heterocycles. The average molecular weight is 458 g/mol. The van der Waals surface area contributed by atoms with Gasteiger partial charge in [-0.2, -0.15) is 5.10 Å². The summed E-state index contributed by atoms with van der Waals surface area (Å²) in [7, 11) is 1.63. The molecule has 0 atom stereocenters. The summed E-state index contributed by atoms with van der Waals surface area (Å²) in [6.07, 6.45) is 1.56. The van der Waals surface area contributed by atoms with Crippen molar-refractivity contribution in [3.8, 4) is 11.5 Å². The number of hydrogen-bond donors (Lipinski definition) is 1. The summed E-state index contributed by atoms with van der Waals surface area (Å²) in [6, 6.07) is 14.9. The Balaban J connectivity index is 1.33. The summed E-state index contributed by atoms with van der Waals surface area (Å²) in [5.74, 6) is 2.24. The summed E-state index contributed by atoms with van der Waals surface area (Å²) in [5, 5.41) is 3.99. The number of nitrogens with zero attached hydrogens (tertiary/aromatic N) is 2. The van der Waals surface area contributed by atoms with E-state index in [1.165, 1.54) is 11.8 Å². The lowest BCUT2D eigenvalue weighted by Crippen LogP contribution is -2.42. The number of thioether (sulfide) groups is 1. The first-order valence-electron chi connectivity index (χ1n) is 10.2. The van der Waals surface area contributed by atoms with Gasteiger partial charge in [0.2, 0.25) is 5.91 Å². The maximum Gasteiger partial charge on any atom is 0.260 e. The molecule has 1 aliphatic rings. The fraction of sp³-hybridized carbons (Fsp3) is 0.348. The molecule has 0 unspecified atom stereocenters. The Morgan fingerprint density at radius 1 is 1.09 bits per heavy atom. The lowest BCUT2D eigenvalue weighted by atomic mass is 10.2. The predicted octanol–water partition coefficient (Wildman–Crippen LogP) is 2.32. The second kappa shape index (κ2) is 12.7. The van der Waals surface area contributed by atoms with Crippen LogP contribution in [0.15, 0.2) is 53.6 Å². The minimum Gasteiger partial charge on any atom is -0.497 e. The maximum absolute atomic E-state index is 12.1. The Kier molecular flexibility index (Phi) is 9.39. The Morgan fingerprint density at radius 3 is 2.47 bits per heavy atom. The third-order valence-corrected chi connectivity index (χ3v) is 5.67. The van der Waals surface area contributed by atoms with Crippen LogP contribution in [-0.2, 0) is 20.1 Å². The molecule has 1 aliphatic heterocycles. The number of carbonyl (C=O) groups excluding carboxylic acids is 2.